The zero-order valence-corrected chi connectivity index (χ0v) is 16.1. The first-order valence-corrected chi connectivity index (χ1v) is 9.19. The van der Waals surface area contributed by atoms with Crippen LogP contribution in [0.5, 0.6) is 0 Å². The number of benzene rings is 1. The van der Waals surface area contributed by atoms with Crippen LogP contribution in [0.25, 0.3) is 0 Å². The summed E-state index contributed by atoms with van der Waals surface area (Å²) in [6, 6.07) is 6.27. The minimum Gasteiger partial charge on any atom is -0.370 e. The van der Waals surface area contributed by atoms with Crippen LogP contribution in [0.1, 0.15) is 33.3 Å². The van der Waals surface area contributed by atoms with Gasteiger partial charge in [-0.05, 0) is 23.6 Å². The molecule has 6 heteroatoms. The molecule has 1 unspecified atom stereocenters. The van der Waals surface area contributed by atoms with Crippen LogP contribution in [0, 0.1) is 17.7 Å². The van der Waals surface area contributed by atoms with Crippen molar-refractivity contribution in [3.63, 3.8) is 0 Å². The Morgan fingerprint density at radius 3 is 2.62 bits per heavy atom. The number of hydrogen-bond donors (Lipinski definition) is 0. The summed E-state index contributed by atoms with van der Waals surface area (Å²) in [6.07, 6.45) is -0.300. The topological polar surface area (TPSA) is 49.9 Å². The summed E-state index contributed by atoms with van der Waals surface area (Å²) in [7, 11) is 0. The molecule has 2 amide bonds. The molecule has 0 saturated carbocycles. The highest BCUT2D eigenvalue weighted by molar-refractivity contribution is 5.86. The summed E-state index contributed by atoms with van der Waals surface area (Å²) in [4.78, 5) is 28.4. The highest BCUT2D eigenvalue weighted by Gasteiger charge is 2.31. The lowest BCUT2D eigenvalue weighted by atomic mass is 10.2. The summed E-state index contributed by atoms with van der Waals surface area (Å²) < 4.78 is 19.3. The van der Waals surface area contributed by atoms with E-state index in [-0.39, 0.29) is 42.8 Å². The van der Waals surface area contributed by atoms with Crippen LogP contribution >= 0.6 is 0 Å². The Kier molecular flexibility index (Phi) is 7.14. The van der Waals surface area contributed by atoms with Gasteiger partial charge in [0.05, 0.1) is 19.3 Å². The highest BCUT2D eigenvalue weighted by Crippen LogP contribution is 2.15. The predicted molar refractivity (Wildman–Crippen MR) is 97.8 cm³/mol. The predicted octanol–water partition coefficient (Wildman–Crippen LogP) is 2.69. The smallest absolute Gasteiger partial charge is 0.242 e. The van der Waals surface area contributed by atoms with Crippen LogP contribution in [0.3, 0.4) is 0 Å². The normalized spacial score (nSPS) is 18.6. The number of halogens is 1. The maximum absolute atomic E-state index is 13.3. The highest BCUT2D eigenvalue weighted by atomic mass is 19.1. The van der Waals surface area contributed by atoms with Crippen molar-refractivity contribution in [1.29, 1.82) is 0 Å². The van der Waals surface area contributed by atoms with E-state index < -0.39 is 0 Å². The lowest BCUT2D eigenvalue weighted by Crippen LogP contribution is -2.42. The Hall–Kier alpha value is -1.95. The molecule has 0 aliphatic carbocycles. The van der Waals surface area contributed by atoms with E-state index in [1.165, 1.54) is 12.1 Å². The van der Waals surface area contributed by atoms with Crippen molar-refractivity contribution < 1.29 is 18.7 Å². The van der Waals surface area contributed by atoms with E-state index in [0.29, 0.717) is 25.6 Å². The van der Waals surface area contributed by atoms with Crippen molar-refractivity contribution in [2.75, 3.05) is 26.2 Å². The van der Waals surface area contributed by atoms with Gasteiger partial charge in [0, 0.05) is 25.6 Å². The number of amides is 2. The van der Waals surface area contributed by atoms with Gasteiger partial charge in [0.25, 0.3) is 0 Å². The molecular weight excluding hydrogens is 335 g/mol. The molecule has 0 bridgehead atoms. The fourth-order valence-corrected chi connectivity index (χ4v) is 3.08. The second-order valence-electron chi connectivity index (χ2n) is 7.63. The van der Waals surface area contributed by atoms with Crippen LogP contribution in [-0.2, 0) is 20.9 Å². The summed E-state index contributed by atoms with van der Waals surface area (Å²) in [5, 5.41) is 0. The van der Waals surface area contributed by atoms with Crippen LogP contribution in [0.4, 0.5) is 4.39 Å². The second-order valence-corrected chi connectivity index (χ2v) is 7.63. The molecule has 2 rings (SSSR count). The maximum atomic E-state index is 13.3. The number of rotatable bonds is 6. The van der Waals surface area contributed by atoms with Crippen molar-refractivity contribution in [2.24, 2.45) is 11.8 Å². The third-order valence-corrected chi connectivity index (χ3v) is 4.29. The first-order valence-electron chi connectivity index (χ1n) is 9.19. The molecular formula is C20H29FN2O3. The Morgan fingerprint density at radius 1 is 1.27 bits per heavy atom. The van der Waals surface area contributed by atoms with Gasteiger partial charge in [0.1, 0.15) is 5.82 Å². The van der Waals surface area contributed by atoms with Crippen molar-refractivity contribution >= 4 is 11.8 Å². The Balaban J connectivity index is 2.11. The number of carbonyl (C=O) groups excluding carboxylic acids is 2. The first kappa shape index (κ1) is 20.4. The lowest BCUT2D eigenvalue weighted by molar-refractivity contribution is -0.140. The molecule has 0 N–H and O–H groups in total. The molecule has 0 radical (unpaired) electrons. The van der Waals surface area contributed by atoms with E-state index in [4.69, 9.17) is 4.74 Å². The molecule has 5 nitrogen and oxygen atoms in total. The Morgan fingerprint density at radius 2 is 2.00 bits per heavy atom. The average molecular weight is 364 g/mol. The monoisotopic (exact) mass is 364 g/mol. The number of hydrogen-bond acceptors (Lipinski definition) is 3. The molecule has 1 aliphatic heterocycles. The molecule has 0 spiro atoms. The molecule has 1 atom stereocenters. The third kappa shape index (κ3) is 5.80. The molecule has 1 fully saturated rings. The zero-order chi connectivity index (χ0) is 19.3. The van der Waals surface area contributed by atoms with Crippen LogP contribution in [0.15, 0.2) is 24.3 Å². The average Bonchev–Trinajstić information content (AvgIpc) is 2.71. The molecule has 1 aromatic carbocycles. The molecule has 144 valence electrons. The first-order chi connectivity index (χ1) is 12.3. The third-order valence-electron chi connectivity index (χ3n) is 4.29. The van der Waals surface area contributed by atoms with Gasteiger partial charge in [0.15, 0.2) is 0 Å². The minimum atomic E-state index is -0.305. The second kappa shape index (κ2) is 9.12. The summed E-state index contributed by atoms with van der Waals surface area (Å²) >= 11 is 0. The van der Waals surface area contributed by atoms with Gasteiger partial charge in [-0.15, -0.1) is 0 Å². The standard InChI is InChI=1S/C20H29FN2O3/c1-14(2)9-22-10-18(26-13-16-6-5-7-17(21)8-16)11-23(12-19(22)24)20(25)15(3)4/h5-8,14-15,18H,9-13H2,1-4H3. The maximum Gasteiger partial charge on any atom is 0.242 e. The molecule has 1 saturated heterocycles. The summed E-state index contributed by atoms with van der Waals surface area (Å²) in [5.41, 5.74) is 0.734. The van der Waals surface area contributed by atoms with Crippen LogP contribution in [0.2, 0.25) is 0 Å². The van der Waals surface area contributed by atoms with Gasteiger partial charge in [-0.2, -0.15) is 0 Å². The van der Waals surface area contributed by atoms with Crippen molar-refractivity contribution in [1.82, 2.24) is 9.80 Å². The summed E-state index contributed by atoms with van der Waals surface area (Å²) in [6.45, 7) is 9.52. The largest absolute Gasteiger partial charge is 0.370 e. The molecule has 0 aromatic heterocycles. The van der Waals surface area contributed by atoms with E-state index in [9.17, 15) is 14.0 Å². The van der Waals surface area contributed by atoms with E-state index in [1.807, 2.05) is 13.8 Å². The van der Waals surface area contributed by atoms with E-state index in [2.05, 4.69) is 13.8 Å². The SMILES string of the molecule is CC(C)CN1CC(OCc2cccc(F)c2)CN(C(=O)C(C)C)CC1=O. The fourth-order valence-electron chi connectivity index (χ4n) is 3.08. The van der Waals surface area contributed by atoms with Gasteiger partial charge in [-0.1, -0.05) is 39.8 Å². The van der Waals surface area contributed by atoms with Crippen molar-refractivity contribution in [3.05, 3.63) is 35.6 Å². The number of nitrogens with zero attached hydrogens (tertiary/aromatic N) is 2. The molecule has 26 heavy (non-hydrogen) atoms. The number of carbonyl (C=O) groups is 2. The van der Waals surface area contributed by atoms with Crippen molar-refractivity contribution in [2.45, 2.75) is 40.4 Å². The van der Waals surface area contributed by atoms with Gasteiger partial charge in [-0.25, -0.2) is 4.39 Å². The van der Waals surface area contributed by atoms with Crippen LogP contribution < -0.4 is 0 Å². The van der Waals surface area contributed by atoms with E-state index >= 15 is 0 Å². The van der Waals surface area contributed by atoms with Gasteiger partial charge in [-0.3, -0.25) is 9.59 Å². The summed E-state index contributed by atoms with van der Waals surface area (Å²) in [5.74, 6) is -0.257. The van der Waals surface area contributed by atoms with Crippen LogP contribution in [-0.4, -0.2) is 53.9 Å². The molecule has 1 aromatic rings. The molecule has 1 heterocycles. The van der Waals surface area contributed by atoms with E-state index in [0.717, 1.165) is 5.56 Å². The quantitative estimate of drug-likeness (QED) is 0.780. The van der Waals surface area contributed by atoms with Gasteiger partial charge < -0.3 is 14.5 Å². The molecule has 1 aliphatic rings. The van der Waals surface area contributed by atoms with Gasteiger partial charge in [0.2, 0.25) is 11.8 Å². The zero-order valence-electron chi connectivity index (χ0n) is 16.1. The lowest BCUT2D eigenvalue weighted by Gasteiger charge is -2.26. The van der Waals surface area contributed by atoms with Gasteiger partial charge >= 0.3 is 0 Å². The fraction of sp³-hybridized carbons (Fsp3) is 0.600. The van der Waals surface area contributed by atoms with Crippen molar-refractivity contribution in [3.8, 4) is 0 Å². The van der Waals surface area contributed by atoms with E-state index in [1.54, 1.807) is 21.9 Å². The number of ether oxygens (including phenoxy) is 1. The Labute approximate surface area is 155 Å². The minimum absolute atomic E-state index is 0.0513. The Bertz CT molecular complexity index is 633.